The van der Waals surface area contributed by atoms with Crippen LogP contribution in [0.5, 0.6) is 11.5 Å². The largest absolute Gasteiger partial charge is 0.493 e. The van der Waals surface area contributed by atoms with Gasteiger partial charge >= 0.3 is 0 Å². The molecule has 0 aliphatic carbocycles. The zero-order valence-electron chi connectivity index (χ0n) is 20.5. The van der Waals surface area contributed by atoms with E-state index < -0.39 is 6.04 Å². The van der Waals surface area contributed by atoms with Gasteiger partial charge in [-0.3, -0.25) is 9.59 Å². The van der Waals surface area contributed by atoms with Crippen molar-refractivity contribution in [2.75, 3.05) is 14.2 Å². The summed E-state index contributed by atoms with van der Waals surface area (Å²) in [6.07, 6.45) is 2.01. The van der Waals surface area contributed by atoms with Gasteiger partial charge in [-0.05, 0) is 61.6 Å². The number of aryl methyl sites for hydroxylation is 1. The topological polar surface area (TPSA) is 67.9 Å². The maximum atomic E-state index is 13.5. The smallest absolute Gasteiger partial charge is 0.243 e. The highest BCUT2D eigenvalue weighted by molar-refractivity contribution is 6.35. The van der Waals surface area contributed by atoms with Crippen LogP contribution in [-0.4, -0.2) is 43.0 Å². The second-order valence-electron chi connectivity index (χ2n) is 8.19. The zero-order valence-corrected chi connectivity index (χ0v) is 22.0. The highest BCUT2D eigenvalue weighted by Gasteiger charge is 2.29. The van der Waals surface area contributed by atoms with Crippen LogP contribution in [0.25, 0.3) is 0 Å². The van der Waals surface area contributed by atoms with E-state index in [9.17, 15) is 9.59 Å². The highest BCUT2D eigenvalue weighted by atomic mass is 35.5. The Morgan fingerprint density at radius 2 is 1.71 bits per heavy atom. The Bertz CT molecular complexity index is 983. The molecule has 34 heavy (non-hydrogen) atoms. The van der Waals surface area contributed by atoms with Gasteiger partial charge < -0.3 is 19.7 Å². The van der Waals surface area contributed by atoms with Gasteiger partial charge in [-0.25, -0.2) is 0 Å². The Morgan fingerprint density at radius 3 is 2.29 bits per heavy atom. The first-order valence-electron chi connectivity index (χ1n) is 11.5. The van der Waals surface area contributed by atoms with Gasteiger partial charge in [0, 0.05) is 29.1 Å². The van der Waals surface area contributed by atoms with Crippen molar-refractivity contribution >= 4 is 35.0 Å². The Kier molecular flexibility index (Phi) is 11.0. The third kappa shape index (κ3) is 7.54. The number of methoxy groups -OCH3 is 2. The summed E-state index contributed by atoms with van der Waals surface area (Å²) in [4.78, 5) is 28.1. The second-order valence-corrected chi connectivity index (χ2v) is 9.03. The fourth-order valence-electron chi connectivity index (χ4n) is 3.63. The van der Waals surface area contributed by atoms with Gasteiger partial charge in [0.15, 0.2) is 11.5 Å². The second kappa shape index (κ2) is 13.4. The SMILES string of the molecule is CC[C@@H](C)NC(=O)[C@H](CC)N(Cc1ccc(Cl)cc1Cl)C(=O)CCc1ccc(OC)c(OC)c1. The first-order valence-corrected chi connectivity index (χ1v) is 12.2. The molecule has 0 fully saturated rings. The molecular formula is C26H34Cl2N2O4. The van der Waals surface area contributed by atoms with Crippen LogP contribution in [0.4, 0.5) is 0 Å². The van der Waals surface area contributed by atoms with E-state index in [0.717, 1.165) is 17.5 Å². The van der Waals surface area contributed by atoms with Crippen LogP contribution < -0.4 is 14.8 Å². The number of rotatable bonds is 12. The molecule has 2 atom stereocenters. The first-order chi connectivity index (χ1) is 16.2. The molecule has 2 rings (SSSR count). The summed E-state index contributed by atoms with van der Waals surface area (Å²) in [5.74, 6) is 0.939. The molecular weight excluding hydrogens is 475 g/mol. The maximum absolute atomic E-state index is 13.5. The number of nitrogens with one attached hydrogen (secondary N) is 1. The summed E-state index contributed by atoms with van der Waals surface area (Å²) in [6.45, 7) is 6.07. The number of hydrogen-bond donors (Lipinski definition) is 1. The lowest BCUT2D eigenvalue weighted by atomic mass is 10.1. The summed E-state index contributed by atoms with van der Waals surface area (Å²) < 4.78 is 10.7. The fraction of sp³-hybridized carbons (Fsp3) is 0.462. The first kappa shape index (κ1) is 27.8. The monoisotopic (exact) mass is 508 g/mol. The molecule has 2 aromatic rings. The Balaban J connectivity index is 2.27. The number of amides is 2. The molecule has 0 spiro atoms. The van der Waals surface area contributed by atoms with E-state index in [1.165, 1.54) is 0 Å². The van der Waals surface area contributed by atoms with Crippen LogP contribution in [0, 0.1) is 0 Å². The highest BCUT2D eigenvalue weighted by Crippen LogP contribution is 2.28. The third-order valence-electron chi connectivity index (χ3n) is 5.82. The maximum Gasteiger partial charge on any atom is 0.243 e. The van der Waals surface area contributed by atoms with Gasteiger partial charge in [0.1, 0.15) is 6.04 Å². The average molecular weight is 509 g/mol. The predicted molar refractivity (Wildman–Crippen MR) is 137 cm³/mol. The van der Waals surface area contributed by atoms with Gasteiger partial charge in [0.05, 0.1) is 14.2 Å². The Hall–Kier alpha value is -2.44. The van der Waals surface area contributed by atoms with E-state index in [1.54, 1.807) is 37.3 Å². The molecule has 2 aromatic carbocycles. The van der Waals surface area contributed by atoms with Gasteiger partial charge in [0.2, 0.25) is 11.8 Å². The van der Waals surface area contributed by atoms with Crippen molar-refractivity contribution in [1.29, 1.82) is 0 Å². The standard InChI is InChI=1S/C26H34Cl2N2O4/c1-6-17(3)29-26(32)22(7-2)30(16-19-10-11-20(27)15-21(19)28)25(31)13-9-18-8-12-23(33-4)24(14-18)34-5/h8,10-12,14-15,17,22H,6-7,9,13,16H2,1-5H3,(H,29,32)/t17-,22+/m1/s1. The van der Waals surface area contributed by atoms with Crippen molar-refractivity contribution in [2.45, 2.75) is 65.1 Å². The number of nitrogens with zero attached hydrogens (tertiary/aromatic N) is 1. The summed E-state index contributed by atoms with van der Waals surface area (Å²) in [7, 11) is 3.16. The Morgan fingerprint density at radius 1 is 1.00 bits per heavy atom. The van der Waals surface area contributed by atoms with Gasteiger partial charge in [-0.1, -0.05) is 49.2 Å². The van der Waals surface area contributed by atoms with Crippen LogP contribution in [-0.2, 0) is 22.6 Å². The number of ether oxygens (including phenoxy) is 2. The van der Waals surface area contributed by atoms with E-state index in [-0.39, 0.29) is 30.8 Å². The number of halogens is 2. The summed E-state index contributed by atoms with van der Waals surface area (Å²) in [5, 5.41) is 3.99. The zero-order chi connectivity index (χ0) is 25.3. The minimum Gasteiger partial charge on any atom is -0.493 e. The van der Waals surface area contributed by atoms with Crippen LogP contribution >= 0.6 is 23.2 Å². The molecule has 186 valence electrons. The van der Waals surface area contributed by atoms with Crippen molar-refractivity contribution in [1.82, 2.24) is 10.2 Å². The van der Waals surface area contributed by atoms with Crippen molar-refractivity contribution in [3.63, 3.8) is 0 Å². The molecule has 0 aromatic heterocycles. The molecule has 0 unspecified atom stereocenters. The van der Waals surface area contributed by atoms with E-state index in [0.29, 0.717) is 34.4 Å². The number of carbonyl (C=O) groups is 2. The average Bonchev–Trinajstić information content (AvgIpc) is 2.83. The number of hydrogen-bond acceptors (Lipinski definition) is 4. The van der Waals surface area contributed by atoms with E-state index >= 15 is 0 Å². The fourth-order valence-corrected chi connectivity index (χ4v) is 4.09. The molecule has 0 saturated heterocycles. The van der Waals surface area contributed by atoms with Crippen molar-refractivity contribution in [2.24, 2.45) is 0 Å². The van der Waals surface area contributed by atoms with Crippen LogP contribution in [0.1, 0.15) is 51.2 Å². The van der Waals surface area contributed by atoms with Gasteiger partial charge in [0.25, 0.3) is 0 Å². The molecule has 0 radical (unpaired) electrons. The quantitative estimate of drug-likeness (QED) is 0.401. The number of benzene rings is 2. The summed E-state index contributed by atoms with van der Waals surface area (Å²) >= 11 is 12.4. The van der Waals surface area contributed by atoms with Crippen LogP contribution in [0.15, 0.2) is 36.4 Å². The minimum absolute atomic E-state index is 0.0179. The van der Waals surface area contributed by atoms with Crippen LogP contribution in [0.2, 0.25) is 10.0 Å². The third-order valence-corrected chi connectivity index (χ3v) is 6.41. The van der Waals surface area contributed by atoms with E-state index in [4.69, 9.17) is 32.7 Å². The minimum atomic E-state index is -0.612. The molecule has 0 heterocycles. The lowest BCUT2D eigenvalue weighted by Crippen LogP contribution is -2.50. The van der Waals surface area contributed by atoms with Crippen LogP contribution in [0.3, 0.4) is 0 Å². The Labute approximate surface area is 212 Å². The molecule has 2 amide bonds. The van der Waals surface area contributed by atoms with Gasteiger partial charge in [-0.2, -0.15) is 0 Å². The van der Waals surface area contributed by atoms with Crippen molar-refractivity contribution in [3.8, 4) is 11.5 Å². The van der Waals surface area contributed by atoms with Crippen molar-refractivity contribution in [3.05, 3.63) is 57.6 Å². The van der Waals surface area contributed by atoms with Crippen molar-refractivity contribution < 1.29 is 19.1 Å². The lowest BCUT2D eigenvalue weighted by Gasteiger charge is -2.32. The molecule has 0 bridgehead atoms. The van der Waals surface area contributed by atoms with E-state index in [2.05, 4.69) is 5.32 Å². The normalized spacial score (nSPS) is 12.6. The van der Waals surface area contributed by atoms with E-state index in [1.807, 2.05) is 39.0 Å². The van der Waals surface area contributed by atoms with Gasteiger partial charge in [-0.15, -0.1) is 0 Å². The molecule has 1 N–H and O–H groups in total. The number of carbonyl (C=O) groups excluding carboxylic acids is 2. The lowest BCUT2D eigenvalue weighted by molar-refractivity contribution is -0.141. The predicted octanol–water partition coefficient (Wildman–Crippen LogP) is 5.67. The summed E-state index contributed by atoms with van der Waals surface area (Å²) in [6, 6.07) is 10.2. The molecule has 0 aliphatic rings. The molecule has 0 saturated carbocycles. The summed E-state index contributed by atoms with van der Waals surface area (Å²) in [5.41, 5.74) is 1.67. The molecule has 0 aliphatic heterocycles. The molecule has 6 nitrogen and oxygen atoms in total. The molecule has 8 heteroatoms.